The summed E-state index contributed by atoms with van der Waals surface area (Å²) in [4.78, 5) is 32.8. The van der Waals surface area contributed by atoms with Crippen LogP contribution >= 0.6 is 11.3 Å². The fourth-order valence-corrected chi connectivity index (χ4v) is 3.93. The lowest BCUT2D eigenvalue weighted by Crippen LogP contribution is -2.29. The number of halogens is 1. The van der Waals surface area contributed by atoms with E-state index in [9.17, 15) is 14.0 Å². The molecular weight excluding hydrogens is 367 g/mol. The molecule has 0 aliphatic rings. The van der Waals surface area contributed by atoms with Crippen LogP contribution in [0.3, 0.4) is 0 Å². The van der Waals surface area contributed by atoms with E-state index < -0.39 is 0 Å². The number of thiazole rings is 1. The van der Waals surface area contributed by atoms with Gasteiger partial charge in [0.1, 0.15) is 11.5 Å². The maximum absolute atomic E-state index is 13.2. The van der Waals surface area contributed by atoms with Crippen molar-refractivity contribution in [1.29, 1.82) is 0 Å². The summed E-state index contributed by atoms with van der Waals surface area (Å²) >= 11 is 1.32. The highest BCUT2D eigenvalue weighted by Crippen LogP contribution is 2.21. The molecule has 0 bridgehead atoms. The number of nitrogens with one attached hydrogen (secondary N) is 1. The Morgan fingerprint density at radius 1 is 1.30 bits per heavy atom. The van der Waals surface area contributed by atoms with E-state index in [0.29, 0.717) is 36.0 Å². The number of rotatable bonds is 6. The molecule has 2 aromatic heterocycles. The molecule has 0 radical (unpaired) electrons. The predicted molar refractivity (Wildman–Crippen MR) is 105 cm³/mol. The highest BCUT2D eigenvalue weighted by Gasteiger charge is 2.19. The van der Waals surface area contributed by atoms with Gasteiger partial charge in [-0.3, -0.25) is 9.59 Å². The molecule has 2 heterocycles. The molecule has 0 spiro atoms. The molecule has 1 amide bonds. The summed E-state index contributed by atoms with van der Waals surface area (Å²) in [6.45, 7) is 7.20. The highest BCUT2D eigenvalue weighted by atomic mass is 32.1. The highest BCUT2D eigenvalue weighted by molar-refractivity contribution is 7.17. The van der Waals surface area contributed by atoms with Crippen LogP contribution in [0.2, 0.25) is 0 Å². The van der Waals surface area contributed by atoms with Crippen molar-refractivity contribution in [2.45, 2.75) is 27.3 Å². The molecule has 142 valence electrons. The van der Waals surface area contributed by atoms with Crippen molar-refractivity contribution < 1.29 is 9.18 Å². The first-order chi connectivity index (χ1) is 12.9. The predicted octanol–water partition coefficient (Wildman–Crippen LogP) is 2.98. The number of hydrogen-bond acceptors (Lipinski definition) is 5. The third kappa shape index (κ3) is 3.85. The summed E-state index contributed by atoms with van der Waals surface area (Å²) in [6.07, 6.45) is 0. The molecule has 8 heteroatoms. The maximum atomic E-state index is 13.2. The van der Waals surface area contributed by atoms with Crippen molar-refractivity contribution in [3.63, 3.8) is 0 Å². The Morgan fingerprint density at radius 3 is 2.63 bits per heavy atom. The van der Waals surface area contributed by atoms with Crippen LogP contribution in [0.15, 0.2) is 35.1 Å². The number of amides is 1. The minimum absolute atomic E-state index is 0.278. The molecule has 0 atom stereocenters. The quantitative estimate of drug-likeness (QED) is 0.705. The number of benzene rings is 1. The zero-order valence-electron chi connectivity index (χ0n) is 15.5. The van der Waals surface area contributed by atoms with Crippen molar-refractivity contribution in [2.24, 2.45) is 0 Å². The molecule has 1 aromatic carbocycles. The number of aromatic nitrogens is 2. The monoisotopic (exact) mass is 388 g/mol. The molecule has 3 rings (SSSR count). The smallest absolute Gasteiger partial charge is 0.269 e. The Bertz CT molecular complexity index is 1030. The van der Waals surface area contributed by atoms with Crippen LogP contribution in [0.4, 0.5) is 10.1 Å². The lowest BCUT2D eigenvalue weighted by molar-refractivity contribution is 0.0949. The SMILES string of the molecule is CCNC(=O)c1c(C)sc2nc(CN(CC)c3ccc(F)cc3)cc(=O)n12. The summed E-state index contributed by atoms with van der Waals surface area (Å²) in [5.41, 5.74) is 1.52. The van der Waals surface area contributed by atoms with Gasteiger partial charge in [0.05, 0.1) is 12.2 Å². The first-order valence-corrected chi connectivity index (χ1v) is 9.57. The molecule has 3 aromatic rings. The Morgan fingerprint density at radius 2 is 2.00 bits per heavy atom. The number of fused-ring (bicyclic) bond motifs is 1. The topological polar surface area (TPSA) is 66.7 Å². The van der Waals surface area contributed by atoms with Crippen molar-refractivity contribution >= 4 is 27.9 Å². The molecule has 1 N–H and O–H groups in total. The van der Waals surface area contributed by atoms with Crippen LogP contribution in [0.25, 0.3) is 4.96 Å². The van der Waals surface area contributed by atoms with Gasteiger partial charge in [0, 0.05) is 29.7 Å². The van der Waals surface area contributed by atoms with Gasteiger partial charge in [-0.05, 0) is 45.0 Å². The van der Waals surface area contributed by atoms with E-state index in [1.807, 2.05) is 18.7 Å². The second kappa shape index (κ2) is 7.87. The lowest BCUT2D eigenvalue weighted by Gasteiger charge is -2.22. The third-order valence-corrected chi connectivity index (χ3v) is 5.18. The van der Waals surface area contributed by atoms with Gasteiger partial charge in [0.25, 0.3) is 11.5 Å². The molecular formula is C19H21FN4O2S. The van der Waals surface area contributed by atoms with E-state index in [-0.39, 0.29) is 17.3 Å². The van der Waals surface area contributed by atoms with Crippen LogP contribution in [-0.4, -0.2) is 28.4 Å². The standard InChI is InChI=1S/C19H21FN4O2S/c1-4-21-18(26)17-12(3)27-19-22-14(10-16(25)24(17)19)11-23(5-2)15-8-6-13(20)7-9-15/h6-10H,4-5,11H2,1-3H3,(H,21,26). The molecule has 0 saturated carbocycles. The Labute approximate surface area is 160 Å². The van der Waals surface area contributed by atoms with Crippen molar-refractivity contribution in [3.05, 3.63) is 62.8 Å². The van der Waals surface area contributed by atoms with Gasteiger partial charge in [0.15, 0.2) is 4.96 Å². The van der Waals surface area contributed by atoms with E-state index in [1.54, 1.807) is 19.1 Å². The first kappa shape index (κ1) is 19.0. The molecule has 6 nitrogen and oxygen atoms in total. The second-order valence-corrected chi connectivity index (χ2v) is 7.24. The Balaban J connectivity index is 1.98. The van der Waals surface area contributed by atoms with E-state index in [0.717, 1.165) is 10.6 Å². The molecule has 0 unspecified atom stereocenters. The van der Waals surface area contributed by atoms with Gasteiger partial charge < -0.3 is 10.2 Å². The Hall–Kier alpha value is -2.74. The average molecular weight is 388 g/mol. The fraction of sp³-hybridized carbons (Fsp3) is 0.316. The number of carbonyl (C=O) groups excluding carboxylic acids is 1. The molecule has 0 fully saturated rings. The number of nitrogens with zero attached hydrogens (tertiary/aromatic N) is 3. The molecule has 0 aliphatic heterocycles. The number of hydrogen-bond donors (Lipinski definition) is 1. The summed E-state index contributed by atoms with van der Waals surface area (Å²) in [7, 11) is 0. The van der Waals surface area contributed by atoms with Gasteiger partial charge in [-0.25, -0.2) is 13.8 Å². The van der Waals surface area contributed by atoms with E-state index in [1.165, 1.54) is 33.9 Å². The number of anilines is 1. The zero-order chi connectivity index (χ0) is 19.6. The van der Waals surface area contributed by atoms with Gasteiger partial charge in [-0.1, -0.05) is 0 Å². The van der Waals surface area contributed by atoms with Crippen LogP contribution in [-0.2, 0) is 6.54 Å². The molecule has 27 heavy (non-hydrogen) atoms. The van der Waals surface area contributed by atoms with Crippen LogP contribution < -0.4 is 15.8 Å². The van der Waals surface area contributed by atoms with Crippen LogP contribution in [0.5, 0.6) is 0 Å². The number of carbonyl (C=O) groups is 1. The zero-order valence-corrected chi connectivity index (χ0v) is 16.3. The number of aryl methyl sites for hydroxylation is 1. The fourth-order valence-electron chi connectivity index (χ4n) is 2.94. The molecule has 0 aliphatic carbocycles. The van der Waals surface area contributed by atoms with Crippen LogP contribution in [0.1, 0.15) is 34.9 Å². The van der Waals surface area contributed by atoms with E-state index in [4.69, 9.17) is 0 Å². The minimum atomic E-state index is -0.292. The van der Waals surface area contributed by atoms with Crippen molar-refractivity contribution in [3.8, 4) is 0 Å². The van der Waals surface area contributed by atoms with Gasteiger partial charge in [0.2, 0.25) is 0 Å². The summed E-state index contributed by atoms with van der Waals surface area (Å²) in [5, 5.41) is 2.73. The summed E-state index contributed by atoms with van der Waals surface area (Å²) < 4.78 is 14.5. The third-order valence-electron chi connectivity index (χ3n) is 4.22. The largest absolute Gasteiger partial charge is 0.366 e. The average Bonchev–Trinajstić information content (AvgIpc) is 2.97. The van der Waals surface area contributed by atoms with Gasteiger partial charge >= 0.3 is 0 Å². The maximum Gasteiger partial charge on any atom is 0.269 e. The Kier molecular flexibility index (Phi) is 5.55. The first-order valence-electron chi connectivity index (χ1n) is 8.75. The van der Waals surface area contributed by atoms with E-state index in [2.05, 4.69) is 10.3 Å². The normalized spacial score (nSPS) is 11.0. The van der Waals surface area contributed by atoms with Crippen molar-refractivity contribution in [1.82, 2.24) is 14.7 Å². The molecule has 0 saturated heterocycles. The van der Waals surface area contributed by atoms with Crippen molar-refractivity contribution in [2.75, 3.05) is 18.0 Å². The van der Waals surface area contributed by atoms with Crippen LogP contribution in [0, 0.1) is 12.7 Å². The van der Waals surface area contributed by atoms with Gasteiger partial charge in [-0.2, -0.15) is 0 Å². The van der Waals surface area contributed by atoms with Gasteiger partial charge in [-0.15, -0.1) is 11.3 Å². The van der Waals surface area contributed by atoms with E-state index >= 15 is 0 Å². The lowest BCUT2D eigenvalue weighted by atomic mass is 10.2. The minimum Gasteiger partial charge on any atom is -0.366 e. The summed E-state index contributed by atoms with van der Waals surface area (Å²) in [6, 6.07) is 7.67. The summed E-state index contributed by atoms with van der Waals surface area (Å²) in [5.74, 6) is -0.570. The second-order valence-electron chi connectivity index (χ2n) is 6.06.